The number of amides is 1. The Balaban J connectivity index is 2.56. The van der Waals surface area contributed by atoms with Gasteiger partial charge >= 0.3 is 0 Å². The van der Waals surface area contributed by atoms with Crippen LogP contribution < -0.4 is 0 Å². The Labute approximate surface area is 83.9 Å². The fourth-order valence-corrected chi connectivity index (χ4v) is 1.16. The molecule has 14 heavy (non-hydrogen) atoms. The zero-order chi connectivity index (χ0) is 10.6. The number of aryl methyl sites for hydroxylation is 1. The molecule has 1 rings (SSSR count). The van der Waals surface area contributed by atoms with Crippen molar-refractivity contribution in [3.05, 3.63) is 17.5 Å². The van der Waals surface area contributed by atoms with Crippen molar-refractivity contribution in [3.8, 4) is 0 Å². The third kappa shape index (κ3) is 2.58. The Morgan fingerprint density at radius 2 is 2.36 bits per heavy atom. The van der Waals surface area contributed by atoms with Gasteiger partial charge in [0.25, 0.3) is 5.91 Å². The first-order valence-electron chi connectivity index (χ1n) is 4.84. The van der Waals surface area contributed by atoms with E-state index in [1.54, 1.807) is 24.9 Å². The molecule has 1 aromatic heterocycles. The molecule has 0 N–H and O–H groups in total. The molecule has 0 saturated heterocycles. The SMILES string of the molecule is CCCCN(C)C(=O)c1cc(C)on1. The Morgan fingerprint density at radius 3 is 2.86 bits per heavy atom. The van der Waals surface area contributed by atoms with Gasteiger partial charge in [0.2, 0.25) is 0 Å². The van der Waals surface area contributed by atoms with Crippen molar-refractivity contribution < 1.29 is 9.32 Å². The maximum Gasteiger partial charge on any atom is 0.275 e. The van der Waals surface area contributed by atoms with Crippen molar-refractivity contribution in [1.82, 2.24) is 10.1 Å². The van der Waals surface area contributed by atoms with E-state index < -0.39 is 0 Å². The molecule has 0 unspecified atom stereocenters. The van der Waals surface area contributed by atoms with Gasteiger partial charge < -0.3 is 9.42 Å². The molecule has 4 heteroatoms. The number of carbonyl (C=O) groups excluding carboxylic acids is 1. The van der Waals surface area contributed by atoms with Crippen LogP contribution in [0.4, 0.5) is 0 Å². The van der Waals surface area contributed by atoms with E-state index in [9.17, 15) is 4.79 Å². The third-order valence-electron chi connectivity index (χ3n) is 2.04. The Kier molecular flexibility index (Phi) is 3.68. The van der Waals surface area contributed by atoms with Gasteiger partial charge in [-0.2, -0.15) is 0 Å². The molecule has 78 valence electrons. The number of rotatable bonds is 4. The molecule has 1 heterocycles. The predicted octanol–water partition coefficient (Wildman–Crippen LogP) is 1.86. The maximum atomic E-state index is 11.7. The zero-order valence-corrected chi connectivity index (χ0v) is 8.91. The van der Waals surface area contributed by atoms with Gasteiger partial charge in [-0.15, -0.1) is 0 Å². The molecule has 4 nitrogen and oxygen atoms in total. The minimum Gasteiger partial charge on any atom is -0.361 e. The predicted molar refractivity (Wildman–Crippen MR) is 53.1 cm³/mol. The molecular formula is C10H16N2O2. The number of unbranched alkanes of at least 4 members (excludes halogenated alkanes) is 1. The van der Waals surface area contributed by atoms with Crippen molar-refractivity contribution in [1.29, 1.82) is 0 Å². The second kappa shape index (κ2) is 4.79. The lowest BCUT2D eigenvalue weighted by atomic mass is 10.3. The van der Waals surface area contributed by atoms with E-state index in [1.165, 1.54) is 0 Å². The monoisotopic (exact) mass is 196 g/mol. The van der Waals surface area contributed by atoms with Crippen LogP contribution in [0, 0.1) is 6.92 Å². The molecule has 0 radical (unpaired) electrons. The summed E-state index contributed by atoms with van der Waals surface area (Å²) < 4.78 is 4.84. The molecule has 0 aliphatic heterocycles. The molecule has 0 spiro atoms. The minimum atomic E-state index is -0.0738. The van der Waals surface area contributed by atoms with Crippen molar-refractivity contribution >= 4 is 5.91 Å². The highest BCUT2D eigenvalue weighted by Crippen LogP contribution is 2.05. The Hall–Kier alpha value is -1.32. The molecular weight excluding hydrogens is 180 g/mol. The fourth-order valence-electron chi connectivity index (χ4n) is 1.16. The average Bonchev–Trinajstić information content (AvgIpc) is 2.60. The summed E-state index contributed by atoms with van der Waals surface area (Å²) in [5, 5.41) is 3.68. The van der Waals surface area contributed by atoms with Crippen LogP contribution in [0.1, 0.15) is 36.0 Å². The van der Waals surface area contributed by atoms with Gasteiger partial charge in [0.1, 0.15) is 5.76 Å². The van der Waals surface area contributed by atoms with Gasteiger partial charge in [0.15, 0.2) is 5.69 Å². The molecule has 1 amide bonds. The first-order valence-corrected chi connectivity index (χ1v) is 4.84. The van der Waals surface area contributed by atoms with Gasteiger partial charge in [-0.1, -0.05) is 18.5 Å². The molecule has 0 aromatic carbocycles. The van der Waals surface area contributed by atoms with E-state index in [4.69, 9.17) is 4.52 Å². The summed E-state index contributed by atoms with van der Waals surface area (Å²) in [6.07, 6.45) is 2.09. The molecule has 0 aliphatic carbocycles. The molecule has 1 aromatic rings. The topological polar surface area (TPSA) is 46.3 Å². The van der Waals surface area contributed by atoms with Gasteiger partial charge in [-0.05, 0) is 13.3 Å². The van der Waals surface area contributed by atoms with Gasteiger partial charge in [-0.3, -0.25) is 4.79 Å². The van der Waals surface area contributed by atoms with E-state index in [0.717, 1.165) is 19.4 Å². The molecule has 0 saturated carbocycles. The van der Waals surface area contributed by atoms with E-state index in [-0.39, 0.29) is 5.91 Å². The van der Waals surface area contributed by atoms with E-state index in [2.05, 4.69) is 12.1 Å². The van der Waals surface area contributed by atoms with Gasteiger partial charge in [0, 0.05) is 19.7 Å². The number of hydrogen-bond donors (Lipinski definition) is 0. The fraction of sp³-hybridized carbons (Fsp3) is 0.600. The molecule has 0 atom stereocenters. The van der Waals surface area contributed by atoms with Crippen molar-refractivity contribution in [2.75, 3.05) is 13.6 Å². The second-order valence-electron chi connectivity index (χ2n) is 3.40. The third-order valence-corrected chi connectivity index (χ3v) is 2.04. The molecule has 0 aliphatic rings. The minimum absolute atomic E-state index is 0.0738. The van der Waals surface area contributed by atoms with Crippen LogP contribution >= 0.6 is 0 Å². The first-order chi connectivity index (χ1) is 6.65. The van der Waals surface area contributed by atoms with Gasteiger partial charge in [0.05, 0.1) is 0 Å². The van der Waals surface area contributed by atoms with Crippen molar-refractivity contribution in [2.45, 2.75) is 26.7 Å². The highest BCUT2D eigenvalue weighted by atomic mass is 16.5. The van der Waals surface area contributed by atoms with Crippen molar-refractivity contribution in [3.63, 3.8) is 0 Å². The average molecular weight is 196 g/mol. The highest BCUT2D eigenvalue weighted by Gasteiger charge is 2.14. The van der Waals surface area contributed by atoms with Crippen LogP contribution in [-0.2, 0) is 0 Å². The quantitative estimate of drug-likeness (QED) is 0.738. The summed E-state index contributed by atoms with van der Waals surface area (Å²) in [4.78, 5) is 13.3. The smallest absolute Gasteiger partial charge is 0.275 e. The van der Waals surface area contributed by atoms with Crippen LogP contribution in [0.25, 0.3) is 0 Å². The van der Waals surface area contributed by atoms with Crippen LogP contribution in [0.3, 0.4) is 0 Å². The lowest BCUT2D eigenvalue weighted by Crippen LogP contribution is -2.27. The van der Waals surface area contributed by atoms with Crippen LogP contribution in [0.2, 0.25) is 0 Å². The number of carbonyl (C=O) groups is 1. The normalized spacial score (nSPS) is 10.2. The summed E-state index contributed by atoms with van der Waals surface area (Å²) in [7, 11) is 1.78. The van der Waals surface area contributed by atoms with Crippen LogP contribution in [-0.4, -0.2) is 29.6 Å². The highest BCUT2D eigenvalue weighted by molar-refractivity contribution is 5.92. The van der Waals surface area contributed by atoms with E-state index >= 15 is 0 Å². The van der Waals surface area contributed by atoms with E-state index in [0.29, 0.717) is 11.5 Å². The number of aromatic nitrogens is 1. The number of hydrogen-bond acceptors (Lipinski definition) is 3. The first kappa shape index (κ1) is 10.8. The molecule has 0 bridgehead atoms. The van der Waals surface area contributed by atoms with Gasteiger partial charge in [-0.25, -0.2) is 0 Å². The van der Waals surface area contributed by atoms with Crippen LogP contribution in [0.5, 0.6) is 0 Å². The Bertz CT molecular complexity index is 307. The largest absolute Gasteiger partial charge is 0.361 e. The second-order valence-corrected chi connectivity index (χ2v) is 3.40. The summed E-state index contributed by atoms with van der Waals surface area (Å²) >= 11 is 0. The van der Waals surface area contributed by atoms with Crippen LogP contribution in [0.15, 0.2) is 10.6 Å². The summed E-state index contributed by atoms with van der Waals surface area (Å²) in [6.45, 7) is 4.63. The van der Waals surface area contributed by atoms with E-state index in [1.807, 2.05) is 0 Å². The maximum absolute atomic E-state index is 11.7. The molecule has 0 fully saturated rings. The number of nitrogens with zero attached hydrogens (tertiary/aromatic N) is 2. The zero-order valence-electron chi connectivity index (χ0n) is 8.91. The standard InChI is InChI=1S/C10H16N2O2/c1-4-5-6-12(3)10(13)9-7-8(2)14-11-9/h7H,4-6H2,1-3H3. The summed E-state index contributed by atoms with van der Waals surface area (Å²) in [5.74, 6) is 0.590. The summed E-state index contributed by atoms with van der Waals surface area (Å²) in [5.41, 5.74) is 0.390. The Morgan fingerprint density at radius 1 is 1.64 bits per heavy atom. The lowest BCUT2D eigenvalue weighted by molar-refractivity contribution is 0.0783. The summed E-state index contributed by atoms with van der Waals surface area (Å²) in [6, 6.07) is 1.66. The van der Waals surface area contributed by atoms with Crippen molar-refractivity contribution in [2.24, 2.45) is 0 Å². The lowest BCUT2D eigenvalue weighted by Gasteiger charge is -2.14.